The summed E-state index contributed by atoms with van der Waals surface area (Å²) in [7, 11) is 0. The van der Waals surface area contributed by atoms with Gasteiger partial charge in [0.05, 0.1) is 6.61 Å². The summed E-state index contributed by atoms with van der Waals surface area (Å²) in [4.78, 5) is 11.6. The Kier molecular flexibility index (Phi) is 3.13. The molecule has 0 fully saturated rings. The van der Waals surface area contributed by atoms with Crippen LogP contribution >= 0.6 is 0 Å². The Balaban J connectivity index is 2.63. The second-order valence-corrected chi connectivity index (χ2v) is 3.83. The molecule has 0 radical (unpaired) electrons. The third kappa shape index (κ3) is 2.16. The van der Waals surface area contributed by atoms with Gasteiger partial charge in [0.15, 0.2) is 11.6 Å². The first-order valence-electron chi connectivity index (χ1n) is 5.49. The predicted octanol–water partition coefficient (Wildman–Crippen LogP) is 3.03. The molecule has 1 aromatic heterocycles. The Morgan fingerprint density at radius 2 is 2.18 bits per heavy atom. The Morgan fingerprint density at radius 3 is 2.88 bits per heavy atom. The van der Waals surface area contributed by atoms with Gasteiger partial charge in [-0.1, -0.05) is 13.0 Å². The topological polar surface area (TPSA) is 39.4 Å². The summed E-state index contributed by atoms with van der Waals surface area (Å²) in [6.07, 6.45) is 0.778. The molecule has 1 heterocycles. The van der Waals surface area contributed by atoms with Crippen molar-refractivity contribution in [2.24, 2.45) is 0 Å². The maximum Gasteiger partial charge on any atom is 0.346 e. The summed E-state index contributed by atoms with van der Waals surface area (Å²) >= 11 is 0. The van der Waals surface area contributed by atoms with Gasteiger partial charge in [0.25, 0.3) is 0 Å². The lowest BCUT2D eigenvalue weighted by Crippen LogP contribution is -2.05. The van der Waals surface area contributed by atoms with Crippen molar-refractivity contribution in [3.8, 4) is 5.75 Å². The smallest absolute Gasteiger partial charge is 0.346 e. The Labute approximate surface area is 97.8 Å². The van der Waals surface area contributed by atoms with Gasteiger partial charge in [-0.05, 0) is 30.9 Å². The molecule has 0 atom stereocenters. The van der Waals surface area contributed by atoms with Gasteiger partial charge in [-0.2, -0.15) is 0 Å². The molecular weight excluding hydrogens is 223 g/mol. The zero-order valence-electron chi connectivity index (χ0n) is 9.75. The van der Waals surface area contributed by atoms with E-state index >= 15 is 0 Å². The van der Waals surface area contributed by atoms with E-state index in [1.807, 2.05) is 6.92 Å². The molecule has 17 heavy (non-hydrogen) atoms. The van der Waals surface area contributed by atoms with Crippen LogP contribution in [0.2, 0.25) is 0 Å². The molecule has 0 aliphatic heterocycles. The monoisotopic (exact) mass is 236 g/mol. The number of ether oxygens (including phenoxy) is 1. The first kappa shape index (κ1) is 11.6. The van der Waals surface area contributed by atoms with Gasteiger partial charge in [-0.25, -0.2) is 9.18 Å². The van der Waals surface area contributed by atoms with Gasteiger partial charge >= 0.3 is 5.63 Å². The van der Waals surface area contributed by atoms with Crippen LogP contribution in [0.4, 0.5) is 4.39 Å². The Morgan fingerprint density at radius 1 is 1.41 bits per heavy atom. The number of halogens is 1. The standard InChI is InChI=1S/C13H13FO3/c1-3-6-16-10-5-4-9-7-8(2)17-13(15)11(9)12(10)14/h4-5,7H,3,6H2,1-2H3. The highest BCUT2D eigenvalue weighted by atomic mass is 19.1. The summed E-state index contributed by atoms with van der Waals surface area (Å²) in [6.45, 7) is 4.00. The van der Waals surface area contributed by atoms with Crippen LogP contribution in [-0.2, 0) is 0 Å². The first-order valence-corrected chi connectivity index (χ1v) is 5.49. The zero-order chi connectivity index (χ0) is 12.4. The average Bonchev–Trinajstić information content (AvgIpc) is 2.27. The lowest BCUT2D eigenvalue weighted by molar-refractivity contribution is 0.302. The van der Waals surface area contributed by atoms with Crippen LogP contribution in [0.25, 0.3) is 10.8 Å². The van der Waals surface area contributed by atoms with Crippen LogP contribution in [0, 0.1) is 12.7 Å². The van der Waals surface area contributed by atoms with Crippen molar-refractivity contribution in [3.63, 3.8) is 0 Å². The third-order valence-electron chi connectivity index (χ3n) is 2.42. The molecule has 0 aliphatic carbocycles. The number of hydrogen-bond donors (Lipinski definition) is 0. The van der Waals surface area contributed by atoms with Crippen molar-refractivity contribution in [1.82, 2.24) is 0 Å². The summed E-state index contributed by atoms with van der Waals surface area (Å²) < 4.78 is 24.1. The van der Waals surface area contributed by atoms with Crippen molar-refractivity contribution in [3.05, 3.63) is 40.2 Å². The number of aryl methyl sites for hydroxylation is 1. The highest BCUT2D eigenvalue weighted by molar-refractivity contribution is 5.83. The summed E-state index contributed by atoms with van der Waals surface area (Å²) in [5.41, 5.74) is -0.667. The van der Waals surface area contributed by atoms with E-state index in [1.165, 1.54) is 6.07 Å². The average molecular weight is 236 g/mol. The second-order valence-electron chi connectivity index (χ2n) is 3.83. The summed E-state index contributed by atoms with van der Waals surface area (Å²) in [5.74, 6) is -0.0932. The first-order chi connectivity index (χ1) is 8.13. The minimum atomic E-state index is -0.667. The molecule has 0 unspecified atom stereocenters. The lowest BCUT2D eigenvalue weighted by atomic mass is 10.1. The fourth-order valence-corrected chi connectivity index (χ4v) is 1.67. The molecule has 0 aliphatic rings. The minimum absolute atomic E-state index is 0.0517. The van der Waals surface area contributed by atoms with E-state index < -0.39 is 11.4 Å². The summed E-state index contributed by atoms with van der Waals surface area (Å²) in [5, 5.41) is 0.476. The fraction of sp³-hybridized carbons (Fsp3) is 0.308. The minimum Gasteiger partial charge on any atom is -0.491 e. The SMILES string of the molecule is CCCOc1ccc2cc(C)oc(=O)c2c1F. The molecule has 2 rings (SSSR count). The maximum atomic E-state index is 14.0. The maximum absolute atomic E-state index is 14.0. The molecule has 0 saturated carbocycles. The van der Waals surface area contributed by atoms with E-state index in [1.54, 1.807) is 19.1 Å². The van der Waals surface area contributed by atoms with Gasteiger partial charge < -0.3 is 9.15 Å². The number of hydrogen-bond acceptors (Lipinski definition) is 3. The van der Waals surface area contributed by atoms with Crippen molar-refractivity contribution >= 4 is 10.8 Å². The van der Waals surface area contributed by atoms with E-state index in [9.17, 15) is 9.18 Å². The van der Waals surface area contributed by atoms with Crippen LogP contribution < -0.4 is 10.4 Å². The van der Waals surface area contributed by atoms with Crippen LogP contribution in [0.5, 0.6) is 5.75 Å². The predicted molar refractivity (Wildman–Crippen MR) is 63.0 cm³/mol. The normalized spacial score (nSPS) is 10.8. The quantitative estimate of drug-likeness (QED) is 0.822. The van der Waals surface area contributed by atoms with Crippen molar-refractivity contribution < 1.29 is 13.5 Å². The molecular formula is C13H13FO3. The molecule has 4 heteroatoms. The molecule has 0 amide bonds. The van der Waals surface area contributed by atoms with E-state index in [2.05, 4.69) is 0 Å². The largest absolute Gasteiger partial charge is 0.491 e. The van der Waals surface area contributed by atoms with Gasteiger partial charge in [0.2, 0.25) is 0 Å². The summed E-state index contributed by atoms with van der Waals surface area (Å²) in [6, 6.07) is 4.82. The number of benzene rings is 1. The van der Waals surface area contributed by atoms with Crippen molar-refractivity contribution in [2.75, 3.05) is 6.61 Å². The molecule has 2 aromatic rings. The van der Waals surface area contributed by atoms with Crippen LogP contribution in [0.1, 0.15) is 19.1 Å². The third-order valence-corrected chi connectivity index (χ3v) is 2.42. The molecule has 3 nitrogen and oxygen atoms in total. The van der Waals surface area contributed by atoms with Crippen molar-refractivity contribution in [2.45, 2.75) is 20.3 Å². The Hall–Kier alpha value is -1.84. The highest BCUT2D eigenvalue weighted by Crippen LogP contribution is 2.24. The van der Waals surface area contributed by atoms with Gasteiger partial charge in [-0.3, -0.25) is 0 Å². The van der Waals surface area contributed by atoms with Crippen LogP contribution in [0.15, 0.2) is 27.4 Å². The van der Waals surface area contributed by atoms with Gasteiger partial charge in [0.1, 0.15) is 11.1 Å². The van der Waals surface area contributed by atoms with E-state index in [4.69, 9.17) is 9.15 Å². The van der Waals surface area contributed by atoms with Gasteiger partial charge in [0, 0.05) is 0 Å². The number of rotatable bonds is 3. The molecule has 0 N–H and O–H groups in total. The molecule has 0 bridgehead atoms. The lowest BCUT2D eigenvalue weighted by Gasteiger charge is -2.07. The zero-order valence-corrected chi connectivity index (χ0v) is 9.75. The fourth-order valence-electron chi connectivity index (χ4n) is 1.67. The van der Waals surface area contributed by atoms with Crippen molar-refractivity contribution in [1.29, 1.82) is 0 Å². The molecule has 0 saturated heterocycles. The second kappa shape index (κ2) is 4.57. The molecule has 1 aromatic carbocycles. The van der Waals surface area contributed by atoms with Crippen LogP contribution in [0.3, 0.4) is 0 Å². The Bertz CT molecular complexity index is 601. The van der Waals surface area contributed by atoms with E-state index in [0.717, 1.165) is 6.42 Å². The molecule has 0 spiro atoms. The van der Waals surface area contributed by atoms with Gasteiger partial charge in [-0.15, -0.1) is 0 Å². The highest BCUT2D eigenvalue weighted by Gasteiger charge is 2.13. The number of fused-ring (bicyclic) bond motifs is 1. The van der Waals surface area contributed by atoms with E-state index in [0.29, 0.717) is 17.8 Å². The van der Waals surface area contributed by atoms with Crippen LogP contribution in [-0.4, -0.2) is 6.61 Å². The van der Waals surface area contributed by atoms with E-state index in [-0.39, 0.29) is 11.1 Å². The molecule has 90 valence electrons.